The average Bonchev–Trinajstić information content (AvgIpc) is 2.40. The molecule has 4 nitrogen and oxygen atoms in total. The second-order valence-electron chi connectivity index (χ2n) is 3.56. The number of carboxylic acids is 1. The monoisotopic (exact) mass is 226 g/mol. The van der Waals surface area contributed by atoms with Gasteiger partial charge in [0.05, 0.1) is 19.6 Å². The number of halogens is 1. The Kier molecular flexibility index (Phi) is 3.17. The fraction of sp³-hybridized carbons (Fsp3) is 0.364. The lowest BCUT2D eigenvalue weighted by atomic mass is 10.1. The zero-order valence-corrected chi connectivity index (χ0v) is 8.48. The predicted molar refractivity (Wildman–Crippen MR) is 52.0 cm³/mol. The highest BCUT2D eigenvalue weighted by Gasteiger charge is 2.19. The number of benzene rings is 1. The highest BCUT2D eigenvalue weighted by atomic mass is 19.1. The molecule has 0 saturated heterocycles. The van der Waals surface area contributed by atoms with Crippen LogP contribution in [0.2, 0.25) is 0 Å². The molecular formula is C11H11FO4. The van der Waals surface area contributed by atoms with E-state index in [2.05, 4.69) is 0 Å². The third-order valence-corrected chi connectivity index (χ3v) is 2.36. The van der Waals surface area contributed by atoms with Gasteiger partial charge in [-0.1, -0.05) is 6.07 Å². The first-order valence-electron chi connectivity index (χ1n) is 4.87. The SMILES string of the molecule is O=C(O)CC1OCc2ccc(F)cc2CO1. The van der Waals surface area contributed by atoms with Gasteiger partial charge in [0.15, 0.2) is 6.29 Å². The van der Waals surface area contributed by atoms with Gasteiger partial charge in [-0.05, 0) is 23.3 Å². The molecule has 0 fully saturated rings. The van der Waals surface area contributed by atoms with E-state index in [1.54, 1.807) is 6.07 Å². The van der Waals surface area contributed by atoms with Crippen molar-refractivity contribution in [1.82, 2.24) is 0 Å². The Hall–Kier alpha value is -1.46. The summed E-state index contributed by atoms with van der Waals surface area (Å²) in [4.78, 5) is 10.5. The normalized spacial score (nSPS) is 19.9. The number of hydrogen-bond acceptors (Lipinski definition) is 3. The molecule has 0 amide bonds. The van der Waals surface area contributed by atoms with Crippen LogP contribution in [0.25, 0.3) is 0 Å². The van der Waals surface area contributed by atoms with Crippen molar-refractivity contribution in [1.29, 1.82) is 0 Å². The van der Waals surface area contributed by atoms with Crippen molar-refractivity contribution in [3.63, 3.8) is 0 Å². The second-order valence-corrected chi connectivity index (χ2v) is 3.56. The molecule has 1 aromatic rings. The van der Waals surface area contributed by atoms with Crippen molar-refractivity contribution < 1.29 is 23.8 Å². The van der Waals surface area contributed by atoms with Gasteiger partial charge in [-0.15, -0.1) is 0 Å². The Morgan fingerprint density at radius 1 is 1.38 bits per heavy atom. The van der Waals surface area contributed by atoms with Crippen LogP contribution in [0.5, 0.6) is 0 Å². The van der Waals surface area contributed by atoms with Crippen molar-refractivity contribution in [3.05, 3.63) is 35.1 Å². The van der Waals surface area contributed by atoms with E-state index in [1.165, 1.54) is 12.1 Å². The summed E-state index contributed by atoms with van der Waals surface area (Å²) in [6.45, 7) is 0.415. The van der Waals surface area contributed by atoms with Crippen molar-refractivity contribution in [3.8, 4) is 0 Å². The lowest BCUT2D eigenvalue weighted by Crippen LogP contribution is -2.18. The smallest absolute Gasteiger partial charge is 0.308 e. The largest absolute Gasteiger partial charge is 0.481 e. The van der Waals surface area contributed by atoms with Gasteiger partial charge in [0.25, 0.3) is 0 Å². The molecule has 1 atom stereocenters. The van der Waals surface area contributed by atoms with Crippen LogP contribution in [0.3, 0.4) is 0 Å². The van der Waals surface area contributed by atoms with Gasteiger partial charge in [-0.3, -0.25) is 4.79 Å². The predicted octanol–water partition coefficient (Wildman–Crippen LogP) is 1.67. The summed E-state index contributed by atoms with van der Waals surface area (Å²) in [5.74, 6) is -1.32. The van der Waals surface area contributed by atoms with E-state index in [0.717, 1.165) is 5.56 Å². The quantitative estimate of drug-likeness (QED) is 0.833. The van der Waals surface area contributed by atoms with Gasteiger partial charge >= 0.3 is 5.97 Å². The number of rotatable bonds is 2. The molecule has 0 saturated carbocycles. The van der Waals surface area contributed by atoms with Crippen LogP contribution < -0.4 is 0 Å². The molecule has 2 rings (SSSR count). The van der Waals surface area contributed by atoms with Crippen LogP contribution >= 0.6 is 0 Å². The zero-order valence-electron chi connectivity index (χ0n) is 8.48. The minimum Gasteiger partial charge on any atom is -0.481 e. The number of aliphatic carboxylic acids is 1. The van der Waals surface area contributed by atoms with Crippen molar-refractivity contribution >= 4 is 5.97 Å². The fourth-order valence-electron chi connectivity index (χ4n) is 1.54. The first kappa shape index (κ1) is 11.0. The van der Waals surface area contributed by atoms with Crippen LogP contribution in [0.1, 0.15) is 17.5 Å². The lowest BCUT2D eigenvalue weighted by Gasteiger charge is -2.12. The summed E-state index contributed by atoms with van der Waals surface area (Å²) in [6, 6.07) is 4.35. The molecule has 1 heterocycles. The van der Waals surface area contributed by atoms with E-state index >= 15 is 0 Å². The third-order valence-electron chi connectivity index (χ3n) is 2.36. The van der Waals surface area contributed by atoms with E-state index < -0.39 is 12.3 Å². The highest BCUT2D eigenvalue weighted by molar-refractivity contribution is 5.67. The summed E-state index contributed by atoms with van der Waals surface area (Å²) in [5.41, 5.74) is 1.53. The Labute approximate surface area is 91.6 Å². The highest BCUT2D eigenvalue weighted by Crippen LogP contribution is 2.20. The molecule has 1 aliphatic rings. The Morgan fingerprint density at radius 2 is 2.06 bits per heavy atom. The molecule has 5 heteroatoms. The zero-order chi connectivity index (χ0) is 11.5. The molecule has 1 unspecified atom stereocenters. The number of carboxylic acid groups (broad SMARTS) is 1. The van der Waals surface area contributed by atoms with Gasteiger partial charge in [0, 0.05) is 0 Å². The van der Waals surface area contributed by atoms with Crippen LogP contribution in [0.15, 0.2) is 18.2 Å². The standard InChI is InChI=1S/C11H11FO4/c12-9-2-1-7-5-15-11(4-10(13)14)16-6-8(7)3-9/h1-3,11H,4-6H2,(H,13,14). The van der Waals surface area contributed by atoms with E-state index in [0.29, 0.717) is 5.56 Å². The van der Waals surface area contributed by atoms with Gasteiger partial charge in [0.2, 0.25) is 0 Å². The Bertz CT molecular complexity index is 405. The molecule has 86 valence electrons. The van der Waals surface area contributed by atoms with Crippen molar-refractivity contribution in [2.75, 3.05) is 0 Å². The molecule has 1 N–H and O–H groups in total. The molecular weight excluding hydrogens is 215 g/mol. The van der Waals surface area contributed by atoms with Gasteiger partial charge in [0.1, 0.15) is 5.82 Å². The molecule has 16 heavy (non-hydrogen) atoms. The van der Waals surface area contributed by atoms with E-state index in [4.69, 9.17) is 14.6 Å². The molecule has 0 aliphatic carbocycles. The minimum atomic E-state index is -0.984. The summed E-state index contributed by atoms with van der Waals surface area (Å²) in [5, 5.41) is 8.60. The van der Waals surface area contributed by atoms with Crippen LogP contribution in [0.4, 0.5) is 4.39 Å². The van der Waals surface area contributed by atoms with E-state index in [1.807, 2.05) is 0 Å². The third kappa shape index (κ3) is 2.56. The number of ether oxygens (including phenoxy) is 2. The van der Waals surface area contributed by atoms with Crippen molar-refractivity contribution in [2.24, 2.45) is 0 Å². The summed E-state index contributed by atoms with van der Waals surface area (Å²) in [7, 11) is 0. The van der Waals surface area contributed by atoms with Crippen LogP contribution in [-0.4, -0.2) is 17.4 Å². The maximum atomic E-state index is 12.9. The van der Waals surface area contributed by atoms with E-state index in [9.17, 15) is 9.18 Å². The van der Waals surface area contributed by atoms with Gasteiger partial charge in [-0.25, -0.2) is 4.39 Å². The van der Waals surface area contributed by atoms with Crippen LogP contribution in [0, 0.1) is 5.82 Å². The van der Waals surface area contributed by atoms with Crippen molar-refractivity contribution in [2.45, 2.75) is 25.9 Å². The van der Waals surface area contributed by atoms with Gasteiger partial charge in [-0.2, -0.15) is 0 Å². The minimum absolute atomic E-state index is 0.172. The maximum Gasteiger partial charge on any atom is 0.308 e. The molecule has 0 aromatic heterocycles. The topological polar surface area (TPSA) is 55.8 Å². The summed E-state index contributed by atoms with van der Waals surface area (Å²) < 4.78 is 23.4. The molecule has 0 bridgehead atoms. The summed E-state index contributed by atoms with van der Waals surface area (Å²) in [6.07, 6.45) is -0.982. The number of carbonyl (C=O) groups is 1. The van der Waals surface area contributed by atoms with E-state index in [-0.39, 0.29) is 25.5 Å². The molecule has 0 radical (unpaired) electrons. The van der Waals surface area contributed by atoms with Crippen LogP contribution in [-0.2, 0) is 27.5 Å². The Morgan fingerprint density at radius 3 is 2.75 bits per heavy atom. The number of hydrogen-bond donors (Lipinski definition) is 1. The maximum absolute atomic E-state index is 12.9. The second kappa shape index (κ2) is 4.59. The summed E-state index contributed by atoms with van der Waals surface area (Å²) >= 11 is 0. The lowest BCUT2D eigenvalue weighted by molar-refractivity contribution is -0.170. The van der Waals surface area contributed by atoms with Gasteiger partial charge < -0.3 is 14.6 Å². The Balaban J connectivity index is 2.09. The first-order valence-corrected chi connectivity index (χ1v) is 4.87. The molecule has 0 spiro atoms. The molecule has 1 aliphatic heterocycles. The average molecular weight is 226 g/mol. The fourth-order valence-corrected chi connectivity index (χ4v) is 1.54. The molecule has 1 aromatic carbocycles. The first-order chi connectivity index (χ1) is 7.65. The number of fused-ring (bicyclic) bond motifs is 1.